The molecular weight excluding hydrogens is 162 g/mol. The topological polar surface area (TPSA) is 23.5 Å². The van der Waals surface area contributed by atoms with Crippen LogP contribution in [-0.2, 0) is 0 Å². The SMILES string of the molecule is CC(C)[C@@H]1CCC(CO)N1C(C)C. The summed E-state index contributed by atoms with van der Waals surface area (Å²) in [7, 11) is 0. The number of rotatable bonds is 3. The van der Waals surface area contributed by atoms with Crippen LogP contribution in [0.25, 0.3) is 0 Å². The van der Waals surface area contributed by atoms with Crippen LogP contribution in [0.4, 0.5) is 0 Å². The summed E-state index contributed by atoms with van der Waals surface area (Å²) in [4.78, 5) is 2.49. The molecular formula is C11H23NO. The molecule has 0 aromatic rings. The second-order valence-corrected chi connectivity index (χ2v) is 4.77. The highest BCUT2D eigenvalue weighted by atomic mass is 16.3. The first kappa shape index (κ1) is 11.0. The van der Waals surface area contributed by atoms with Gasteiger partial charge in [0.2, 0.25) is 0 Å². The zero-order valence-corrected chi connectivity index (χ0v) is 9.33. The quantitative estimate of drug-likeness (QED) is 0.725. The van der Waals surface area contributed by atoms with Crippen LogP contribution in [0.3, 0.4) is 0 Å². The molecule has 1 aliphatic rings. The number of hydrogen-bond donors (Lipinski definition) is 1. The summed E-state index contributed by atoms with van der Waals surface area (Å²) in [6.45, 7) is 9.33. The third kappa shape index (κ3) is 2.23. The van der Waals surface area contributed by atoms with Crippen LogP contribution in [0.5, 0.6) is 0 Å². The van der Waals surface area contributed by atoms with Gasteiger partial charge in [0, 0.05) is 18.1 Å². The molecule has 78 valence electrons. The summed E-state index contributed by atoms with van der Waals surface area (Å²) >= 11 is 0. The van der Waals surface area contributed by atoms with Gasteiger partial charge >= 0.3 is 0 Å². The van der Waals surface area contributed by atoms with Gasteiger partial charge in [-0.2, -0.15) is 0 Å². The lowest BCUT2D eigenvalue weighted by Crippen LogP contribution is -2.44. The third-order valence-corrected chi connectivity index (χ3v) is 3.18. The molecule has 1 N–H and O–H groups in total. The number of hydrogen-bond acceptors (Lipinski definition) is 2. The minimum absolute atomic E-state index is 0.321. The molecule has 1 heterocycles. The van der Waals surface area contributed by atoms with Gasteiger partial charge in [0.25, 0.3) is 0 Å². The Morgan fingerprint density at radius 1 is 1.23 bits per heavy atom. The molecule has 0 spiro atoms. The molecule has 0 amide bonds. The van der Waals surface area contributed by atoms with Crippen molar-refractivity contribution in [3.8, 4) is 0 Å². The first-order valence-corrected chi connectivity index (χ1v) is 5.46. The van der Waals surface area contributed by atoms with Crippen LogP contribution in [0.2, 0.25) is 0 Å². The van der Waals surface area contributed by atoms with E-state index in [0.29, 0.717) is 30.7 Å². The average molecular weight is 185 g/mol. The van der Waals surface area contributed by atoms with Crippen molar-refractivity contribution in [2.24, 2.45) is 5.92 Å². The second kappa shape index (κ2) is 4.43. The predicted molar refractivity (Wildman–Crippen MR) is 55.7 cm³/mol. The molecule has 1 aliphatic heterocycles. The highest BCUT2D eigenvalue weighted by Gasteiger charge is 2.35. The molecule has 0 aromatic heterocycles. The Morgan fingerprint density at radius 3 is 2.23 bits per heavy atom. The van der Waals surface area contributed by atoms with E-state index < -0.39 is 0 Å². The summed E-state index contributed by atoms with van der Waals surface area (Å²) in [5, 5.41) is 9.24. The van der Waals surface area contributed by atoms with Crippen molar-refractivity contribution in [1.82, 2.24) is 4.90 Å². The smallest absolute Gasteiger partial charge is 0.0587 e. The van der Waals surface area contributed by atoms with E-state index in [1.54, 1.807) is 0 Å². The van der Waals surface area contributed by atoms with Gasteiger partial charge in [-0.25, -0.2) is 0 Å². The summed E-state index contributed by atoms with van der Waals surface area (Å²) < 4.78 is 0. The summed E-state index contributed by atoms with van der Waals surface area (Å²) in [5.41, 5.74) is 0. The summed E-state index contributed by atoms with van der Waals surface area (Å²) in [6, 6.07) is 1.65. The Labute approximate surface area is 81.9 Å². The number of aliphatic hydroxyl groups excluding tert-OH is 1. The third-order valence-electron chi connectivity index (χ3n) is 3.18. The fourth-order valence-corrected chi connectivity index (χ4v) is 2.60. The monoisotopic (exact) mass is 185 g/mol. The van der Waals surface area contributed by atoms with E-state index in [1.165, 1.54) is 6.42 Å². The Bertz CT molecular complexity index is 156. The van der Waals surface area contributed by atoms with Crippen LogP contribution >= 0.6 is 0 Å². The van der Waals surface area contributed by atoms with Crippen molar-refractivity contribution < 1.29 is 5.11 Å². The maximum absolute atomic E-state index is 9.24. The predicted octanol–water partition coefficient (Wildman–Crippen LogP) is 1.88. The van der Waals surface area contributed by atoms with E-state index in [0.717, 1.165) is 6.42 Å². The van der Waals surface area contributed by atoms with E-state index in [1.807, 2.05) is 0 Å². The number of likely N-dealkylation sites (tertiary alicyclic amines) is 1. The zero-order chi connectivity index (χ0) is 10.0. The lowest BCUT2D eigenvalue weighted by atomic mass is 10.0. The van der Waals surface area contributed by atoms with Crippen LogP contribution in [0.15, 0.2) is 0 Å². The van der Waals surface area contributed by atoms with Crippen molar-refractivity contribution in [2.45, 2.75) is 58.7 Å². The fraction of sp³-hybridized carbons (Fsp3) is 1.00. The number of nitrogens with zero attached hydrogens (tertiary/aromatic N) is 1. The highest BCUT2D eigenvalue weighted by Crippen LogP contribution is 2.30. The Morgan fingerprint density at radius 2 is 1.85 bits per heavy atom. The highest BCUT2D eigenvalue weighted by molar-refractivity contribution is 4.90. The van der Waals surface area contributed by atoms with E-state index in [-0.39, 0.29) is 0 Å². The fourth-order valence-electron chi connectivity index (χ4n) is 2.60. The van der Waals surface area contributed by atoms with Crippen molar-refractivity contribution in [1.29, 1.82) is 0 Å². The van der Waals surface area contributed by atoms with E-state index in [9.17, 15) is 5.11 Å². The standard InChI is InChI=1S/C11H23NO/c1-8(2)11-6-5-10(7-13)12(11)9(3)4/h8-11,13H,5-7H2,1-4H3/t10?,11-/m0/s1. The first-order chi connectivity index (χ1) is 6.07. The van der Waals surface area contributed by atoms with Gasteiger partial charge in [-0.15, -0.1) is 0 Å². The van der Waals surface area contributed by atoms with Gasteiger partial charge in [0.05, 0.1) is 6.61 Å². The van der Waals surface area contributed by atoms with Crippen molar-refractivity contribution in [3.05, 3.63) is 0 Å². The Balaban J connectivity index is 2.67. The maximum Gasteiger partial charge on any atom is 0.0587 e. The van der Waals surface area contributed by atoms with Gasteiger partial charge < -0.3 is 5.11 Å². The molecule has 1 saturated heterocycles. The van der Waals surface area contributed by atoms with Gasteiger partial charge in [-0.1, -0.05) is 13.8 Å². The first-order valence-electron chi connectivity index (χ1n) is 5.46. The molecule has 0 radical (unpaired) electrons. The van der Waals surface area contributed by atoms with Gasteiger partial charge in [0.1, 0.15) is 0 Å². The summed E-state index contributed by atoms with van der Waals surface area (Å²) in [5.74, 6) is 0.707. The Kier molecular flexibility index (Phi) is 3.74. The lowest BCUT2D eigenvalue weighted by molar-refractivity contribution is 0.0816. The van der Waals surface area contributed by atoms with Gasteiger partial charge in [0.15, 0.2) is 0 Å². The number of aliphatic hydroxyl groups is 1. The van der Waals surface area contributed by atoms with Crippen LogP contribution < -0.4 is 0 Å². The van der Waals surface area contributed by atoms with Gasteiger partial charge in [-0.3, -0.25) is 4.90 Å². The molecule has 2 nitrogen and oxygen atoms in total. The molecule has 2 atom stereocenters. The van der Waals surface area contributed by atoms with Crippen molar-refractivity contribution in [2.75, 3.05) is 6.61 Å². The Hall–Kier alpha value is -0.0800. The molecule has 1 unspecified atom stereocenters. The van der Waals surface area contributed by atoms with E-state index in [2.05, 4.69) is 32.6 Å². The van der Waals surface area contributed by atoms with Gasteiger partial charge in [-0.05, 0) is 32.6 Å². The minimum atomic E-state index is 0.321. The molecule has 0 bridgehead atoms. The van der Waals surface area contributed by atoms with Crippen LogP contribution in [0.1, 0.15) is 40.5 Å². The average Bonchev–Trinajstić information content (AvgIpc) is 2.46. The van der Waals surface area contributed by atoms with E-state index in [4.69, 9.17) is 0 Å². The molecule has 1 fully saturated rings. The minimum Gasteiger partial charge on any atom is -0.395 e. The largest absolute Gasteiger partial charge is 0.395 e. The molecule has 1 rings (SSSR count). The normalized spacial score (nSPS) is 30.7. The summed E-state index contributed by atoms with van der Waals surface area (Å²) in [6.07, 6.45) is 2.42. The molecule has 13 heavy (non-hydrogen) atoms. The zero-order valence-electron chi connectivity index (χ0n) is 9.33. The van der Waals surface area contributed by atoms with Crippen LogP contribution in [0, 0.1) is 5.92 Å². The molecule has 0 saturated carbocycles. The maximum atomic E-state index is 9.24. The molecule has 2 heteroatoms. The van der Waals surface area contributed by atoms with Crippen molar-refractivity contribution >= 4 is 0 Å². The lowest BCUT2D eigenvalue weighted by Gasteiger charge is -2.35. The molecule has 0 aliphatic carbocycles. The van der Waals surface area contributed by atoms with E-state index >= 15 is 0 Å². The van der Waals surface area contributed by atoms with Crippen molar-refractivity contribution in [3.63, 3.8) is 0 Å². The molecule has 0 aromatic carbocycles. The van der Waals surface area contributed by atoms with Crippen LogP contribution in [-0.4, -0.2) is 34.7 Å². The second-order valence-electron chi connectivity index (χ2n) is 4.77.